The zero-order valence-corrected chi connectivity index (χ0v) is 6.41. The lowest BCUT2D eigenvalue weighted by molar-refractivity contribution is -0.108. The minimum Gasteiger partial charge on any atom is -0.516 e. The highest BCUT2D eigenvalue weighted by Crippen LogP contribution is 1.83. The van der Waals surface area contributed by atoms with Crippen LogP contribution in [0.3, 0.4) is 0 Å². The molecule has 0 aromatic heterocycles. The van der Waals surface area contributed by atoms with E-state index in [0.717, 1.165) is 6.26 Å². The van der Waals surface area contributed by atoms with Crippen molar-refractivity contribution in [1.29, 1.82) is 0 Å². The molecule has 0 bridgehead atoms. The molecule has 0 aromatic rings. The summed E-state index contributed by atoms with van der Waals surface area (Å²) in [6.07, 6.45) is 1.27. The van der Waals surface area contributed by atoms with Gasteiger partial charge >= 0.3 is 10.1 Å². The molecule has 0 unspecified atom stereocenters. The number of hydrogen-bond donors (Lipinski definition) is 2. The highest BCUT2D eigenvalue weighted by Gasteiger charge is 2.11. The Bertz CT molecular complexity index is 238. The SMILES string of the molecule is C=CC(=O)S(=O)(=O)O.C=CO. The number of rotatable bonds is 1. The first kappa shape index (κ1) is 12.5. The summed E-state index contributed by atoms with van der Waals surface area (Å²) >= 11 is 0. The molecule has 0 spiro atoms. The van der Waals surface area contributed by atoms with E-state index in [4.69, 9.17) is 9.66 Å². The number of carbonyl (C=O) groups is 1. The van der Waals surface area contributed by atoms with Crippen LogP contribution in [0, 0.1) is 0 Å². The maximum absolute atomic E-state index is 9.88. The van der Waals surface area contributed by atoms with Crippen LogP contribution in [0.1, 0.15) is 0 Å². The van der Waals surface area contributed by atoms with E-state index in [-0.39, 0.29) is 0 Å². The monoisotopic (exact) mass is 180 g/mol. The first-order valence-corrected chi connectivity index (χ1v) is 3.73. The lowest BCUT2D eigenvalue weighted by Gasteiger charge is -1.82. The van der Waals surface area contributed by atoms with Gasteiger partial charge in [-0.05, 0) is 6.08 Å². The molecule has 64 valence electrons. The smallest absolute Gasteiger partial charge is 0.332 e. The molecular weight excluding hydrogens is 172 g/mol. The second kappa shape index (κ2) is 5.63. The molecule has 0 heterocycles. The van der Waals surface area contributed by atoms with Gasteiger partial charge in [0.1, 0.15) is 0 Å². The van der Waals surface area contributed by atoms with Crippen molar-refractivity contribution in [3.05, 3.63) is 25.5 Å². The third-order valence-electron chi connectivity index (χ3n) is 0.421. The van der Waals surface area contributed by atoms with E-state index in [1.807, 2.05) is 0 Å². The van der Waals surface area contributed by atoms with E-state index < -0.39 is 15.2 Å². The third kappa shape index (κ3) is 8.86. The molecule has 2 N–H and O–H groups in total. The largest absolute Gasteiger partial charge is 0.516 e. The lowest BCUT2D eigenvalue weighted by atomic mass is 10.7. The van der Waals surface area contributed by atoms with Crippen LogP contribution in [0.4, 0.5) is 0 Å². The van der Waals surface area contributed by atoms with Gasteiger partial charge in [0.15, 0.2) is 0 Å². The molecule has 6 heteroatoms. The lowest BCUT2D eigenvalue weighted by Crippen LogP contribution is -2.08. The minimum absolute atomic E-state index is 0.523. The quantitative estimate of drug-likeness (QED) is 0.343. The van der Waals surface area contributed by atoms with Crippen molar-refractivity contribution >= 4 is 15.2 Å². The average molecular weight is 180 g/mol. The van der Waals surface area contributed by atoms with Gasteiger partial charge in [0.05, 0.1) is 6.26 Å². The fourth-order valence-electron chi connectivity index (χ4n) is 0.105. The number of aliphatic hydroxyl groups is 1. The Morgan fingerprint density at radius 3 is 1.64 bits per heavy atom. The van der Waals surface area contributed by atoms with Crippen molar-refractivity contribution in [2.75, 3.05) is 0 Å². The molecule has 0 aliphatic rings. The van der Waals surface area contributed by atoms with Gasteiger partial charge in [-0.2, -0.15) is 8.42 Å². The molecular formula is C5H8O5S. The molecule has 0 saturated carbocycles. The average Bonchev–Trinajstić information content (AvgIpc) is 1.86. The summed E-state index contributed by atoms with van der Waals surface area (Å²) in [7, 11) is -4.51. The van der Waals surface area contributed by atoms with E-state index in [1.165, 1.54) is 0 Å². The van der Waals surface area contributed by atoms with Crippen molar-refractivity contribution < 1.29 is 22.9 Å². The highest BCUT2D eigenvalue weighted by atomic mass is 32.2. The molecule has 0 aliphatic heterocycles. The summed E-state index contributed by atoms with van der Waals surface area (Å²) < 4.78 is 27.2. The molecule has 0 aliphatic carbocycles. The Hall–Kier alpha value is -1.14. The van der Waals surface area contributed by atoms with Gasteiger partial charge in [0, 0.05) is 0 Å². The molecule has 5 nitrogen and oxygen atoms in total. The summed E-state index contributed by atoms with van der Waals surface area (Å²) in [4.78, 5) is 9.88. The van der Waals surface area contributed by atoms with Crippen LogP contribution in [-0.2, 0) is 14.9 Å². The topological polar surface area (TPSA) is 91.7 Å². The van der Waals surface area contributed by atoms with Gasteiger partial charge in [0.2, 0.25) is 0 Å². The Kier molecular flexibility index (Phi) is 6.41. The summed E-state index contributed by atoms with van der Waals surface area (Å²) in [5.74, 6) is 0. The summed E-state index contributed by atoms with van der Waals surface area (Å²) in [5.41, 5.74) is 0. The molecule has 0 amide bonds. The molecule has 0 aromatic carbocycles. The van der Waals surface area contributed by atoms with E-state index >= 15 is 0 Å². The van der Waals surface area contributed by atoms with Crippen molar-refractivity contribution in [1.82, 2.24) is 0 Å². The van der Waals surface area contributed by atoms with Crippen molar-refractivity contribution in [2.45, 2.75) is 0 Å². The van der Waals surface area contributed by atoms with Crippen LogP contribution in [0.25, 0.3) is 0 Å². The molecule has 0 fully saturated rings. The first-order valence-electron chi connectivity index (χ1n) is 2.29. The fraction of sp³-hybridized carbons (Fsp3) is 0. The highest BCUT2D eigenvalue weighted by molar-refractivity contribution is 8.01. The van der Waals surface area contributed by atoms with Gasteiger partial charge in [-0.15, -0.1) is 0 Å². The maximum atomic E-state index is 9.88. The Labute approximate surface area is 64.4 Å². The van der Waals surface area contributed by atoms with E-state index in [0.29, 0.717) is 6.08 Å². The van der Waals surface area contributed by atoms with Gasteiger partial charge in [-0.1, -0.05) is 13.2 Å². The normalized spacial score (nSPS) is 8.82. The van der Waals surface area contributed by atoms with Crippen molar-refractivity contribution in [3.8, 4) is 0 Å². The van der Waals surface area contributed by atoms with Crippen LogP contribution in [0.15, 0.2) is 25.5 Å². The Morgan fingerprint density at radius 1 is 1.36 bits per heavy atom. The number of hydrogen-bond acceptors (Lipinski definition) is 4. The van der Waals surface area contributed by atoms with Crippen LogP contribution >= 0.6 is 0 Å². The van der Waals surface area contributed by atoms with Crippen LogP contribution in [-0.4, -0.2) is 23.2 Å². The minimum atomic E-state index is -4.51. The van der Waals surface area contributed by atoms with E-state index in [1.54, 1.807) is 0 Å². The third-order valence-corrected chi connectivity index (χ3v) is 1.10. The maximum Gasteiger partial charge on any atom is 0.332 e. The fourth-order valence-corrected chi connectivity index (χ4v) is 0.316. The number of aliphatic hydroxyl groups excluding tert-OH is 1. The Morgan fingerprint density at radius 2 is 1.64 bits per heavy atom. The second-order valence-corrected chi connectivity index (χ2v) is 2.53. The van der Waals surface area contributed by atoms with E-state index in [2.05, 4.69) is 13.2 Å². The van der Waals surface area contributed by atoms with Gasteiger partial charge < -0.3 is 5.11 Å². The van der Waals surface area contributed by atoms with Gasteiger partial charge in [-0.3, -0.25) is 9.35 Å². The van der Waals surface area contributed by atoms with Crippen molar-refractivity contribution in [2.24, 2.45) is 0 Å². The van der Waals surface area contributed by atoms with Crippen LogP contribution in [0.5, 0.6) is 0 Å². The zero-order valence-electron chi connectivity index (χ0n) is 5.60. The predicted molar refractivity (Wildman–Crippen MR) is 39.6 cm³/mol. The molecule has 0 rings (SSSR count). The van der Waals surface area contributed by atoms with Crippen molar-refractivity contribution in [3.63, 3.8) is 0 Å². The Balaban J connectivity index is 0. The molecule has 0 radical (unpaired) electrons. The second-order valence-electron chi connectivity index (χ2n) is 1.18. The first-order chi connectivity index (χ1) is 4.90. The zero-order chi connectivity index (χ0) is 9.49. The number of carbonyl (C=O) groups excluding carboxylic acids is 1. The predicted octanol–water partition coefficient (Wildman–Crippen LogP) is 0.275. The molecule has 0 atom stereocenters. The summed E-state index contributed by atoms with van der Waals surface area (Å²) in [6.45, 7) is 5.76. The van der Waals surface area contributed by atoms with E-state index in [9.17, 15) is 13.2 Å². The van der Waals surface area contributed by atoms with Gasteiger partial charge in [-0.25, -0.2) is 0 Å². The van der Waals surface area contributed by atoms with Crippen LogP contribution in [0.2, 0.25) is 0 Å². The summed E-state index contributed by atoms with van der Waals surface area (Å²) in [5, 5.41) is 5.96. The summed E-state index contributed by atoms with van der Waals surface area (Å²) in [6, 6.07) is 0. The molecule has 0 saturated heterocycles. The standard InChI is InChI=1S/C3H4O4S.C2H4O/c1-2-3(4)8(5,6)7;1-2-3/h2H,1H2,(H,5,6,7);2-3H,1H2. The molecule has 11 heavy (non-hydrogen) atoms. The van der Waals surface area contributed by atoms with Gasteiger partial charge in [0.25, 0.3) is 5.12 Å². The van der Waals surface area contributed by atoms with Crippen LogP contribution < -0.4 is 0 Å².